The number of hydrogen-bond acceptors (Lipinski definition) is 5. The van der Waals surface area contributed by atoms with Crippen molar-refractivity contribution in [2.75, 3.05) is 33.3 Å². The number of methoxy groups -OCH3 is 1. The number of benzene rings is 1. The summed E-state index contributed by atoms with van der Waals surface area (Å²) in [5, 5.41) is 0. The zero-order valence-corrected chi connectivity index (χ0v) is 18.3. The average molecular weight is 453 g/mol. The van der Waals surface area contributed by atoms with Gasteiger partial charge in [-0.15, -0.1) is 11.3 Å². The molecule has 27 heavy (non-hydrogen) atoms. The molecular weight excluding hydrogens is 428 g/mol. The molecule has 1 saturated heterocycles. The van der Waals surface area contributed by atoms with Crippen LogP contribution in [0.2, 0.25) is 0 Å². The molecule has 5 nitrogen and oxygen atoms in total. The first-order chi connectivity index (χ1) is 13.0. The van der Waals surface area contributed by atoms with E-state index < -0.39 is 0 Å². The number of carbonyl (C=O) groups excluding carboxylic acids is 1. The van der Waals surface area contributed by atoms with E-state index >= 15 is 0 Å². The molecule has 2 heterocycles. The highest BCUT2D eigenvalue weighted by Gasteiger charge is 2.23. The van der Waals surface area contributed by atoms with Gasteiger partial charge in [-0.2, -0.15) is 0 Å². The summed E-state index contributed by atoms with van der Waals surface area (Å²) in [6, 6.07) is 9.64. The van der Waals surface area contributed by atoms with Crippen molar-refractivity contribution in [2.45, 2.75) is 26.5 Å². The normalized spacial score (nSPS) is 15.2. The first kappa shape index (κ1) is 20.2. The molecule has 0 saturated carbocycles. The van der Waals surface area contributed by atoms with Gasteiger partial charge in [-0.1, -0.05) is 0 Å². The molecule has 1 aliphatic heterocycles. The zero-order chi connectivity index (χ0) is 19.4. The minimum Gasteiger partial charge on any atom is -0.493 e. The van der Waals surface area contributed by atoms with Gasteiger partial charge < -0.3 is 14.4 Å². The summed E-state index contributed by atoms with van der Waals surface area (Å²) >= 11 is 5.27. The largest absolute Gasteiger partial charge is 0.493 e. The van der Waals surface area contributed by atoms with Gasteiger partial charge in [0.15, 0.2) is 11.5 Å². The summed E-state index contributed by atoms with van der Waals surface area (Å²) in [6.07, 6.45) is 0.0532. The van der Waals surface area contributed by atoms with E-state index in [4.69, 9.17) is 9.47 Å². The third-order valence-electron chi connectivity index (χ3n) is 4.44. The monoisotopic (exact) mass is 452 g/mol. The molecule has 0 radical (unpaired) electrons. The Kier molecular flexibility index (Phi) is 6.78. The van der Waals surface area contributed by atoms with Crippen molar-refractivity contribution >= 4 is 33.2 Å². The van der Waals surface area contributed by atoms with Crippen molar-refractivity contribution in [3.8, 4) is 11.5 Å². The molecule has 0 unspecified atom stereocenters. The third kappa shape index (κ3) is 5.24. The zero-order valence-electron chi connectivity index (χ0n) is 15.9. The second-order valence-electron chi connectivity index (χ2n) is 6.81. The Morgan fingerprint density at radius 2 is 1.89 bits per heavy atom. The molecule has 1 amide bonds. The van der Waals surface area contributed by atoms with Gasteiger partial charge in [-0.05, 0) is 60.1 Å². The first-order valence-electron chi connectivity index (χ1n) is 9.07. The van der Waals surface area contributed by atoms with E-state index in [2.05, 4.69) is 33.0 Å². The molecule has 0 aliphatic carbocycles. The Morgan fingerprint density at radius 3 is 2.48 bits per heavy atom. The standard InChI is InChI=1S/C20H25BrN2O3S/c1-14(2)26-17-6-4-15(12-18(17)25-3)20(24)23-10-8-22(9-11-23)13-16-5-7-19(21)27-16/h4-7,12,14H,8-11,13H2,1-3H3. The smallest absolute Gasteiger partial charge is 0.254 e. The highest BCUT2D eigenvalue weighted by Crippen LogP contribution is 2.30. The Labute approximate surface area is 173 Å². The molecule has 0 atom stereocenters. The lowest BCUT2D eigenvalue weighted by molar-refractivity contribution is 0.0629. The number of rotatable bonds is 6. The number of halogens is 1. The van der Waals surface area contributed by atoms with Gasteiger partial charge in [0.25, 0.3) is 5.91 Å². The number of piperazine rings is 1. The Balaban J connectivity index is 1.60. The van der Waals surface area contributed by atoms with Crippen molar-refractivity contribution in [3.63, 3.8) is 0 Å². The van der Waals surface area contributed by atoms with E-state index in [0.717, 1.165) is 36.5 Å². The molecule has 1 aliphatic rings. The average Bonchev–Trinajstić information content (AvgIpc) is 3.06. The van der Waals surface area contributed by atoms with Crippen LogP contribution in [-0.2, 0) is 6.54 Å². The highest BCUT2D eigenvalue weighted by atomic mass is 79.9. The van der Waals surface area contributed by atoms with Gasteiger partial charge in [0.05, 0.1) is 17.0 Å². The van der Waals surface area contributed by atoms with Crippen molar-refractivity contribution in [1.82, 2.24) is 9.80 Å². The lowest BCUT2D eigenvalue weighted by atomic mass is 10.1. The van der Waals surface area contributed by atoms with Gasteiger partial charge in [-0.25, -0.2) is 0 Å². The molecule has 1 aromatic heterocycles. The SMILES string of the molecule is COc1cc(C(=O)N2CCN(Cc3ccc(Br)s3)CC2)ccc1OC(C)C. The molecule has 3 rings (SSSR count). The number of nitrogens with zero attached hydrogens (tertiary/aromatic N) is 2. The maximum Gasteiger partial charge on any atom is 0.254 e. The molecule has 1 fully saturated rings. The second kappa shape index (κ2) is 9.08. The number of ether oxygens (including phenoxy) is 2. The minimum absolute atomic E-state index is 0.0444. The summed E-state index contributed by atoms with van der Waals surface area (Å²) < 4.78 is 12.3. The minimum atomic E-state index is 0.0444. The highest BCUT2D eigenvalue weighted by molar-refractivity contribution is 9.11. The van der Waals surface area contributed by atoms with Crippen LogP contribution in [0.1, 0.15) is 29.1 Å². The summed E-state index contributed by atoms with van der Waals surface area (Å²) in [4.78, 5) is 18.5. The van der Waals surface area contributed by atoms with Crippen molar-refractivity contribution in [3.05, 3.63) is 44.6 Å². The number of carbonyl (C=O) groups is 1. The molecule has 0 bridgehead atoms. The van der Waals surface area contributed by atoms with Crippen LogP contribution in [0.25, 0.3) is 0 Å². The molecule has 2 aromatic rings. The van der Waals surface area contributed by atoms with Crippen LogP contribution in [0.15, 0.2) is 34.1 Å². The number of amides is 1. The fourth-order valence-electron chi connectivity index (χ4n) is 3.10. The lowest BCUT2D eigenvalue weighted by Gasteiger charge is -2.34. The van der Waals surface area contributed by atoms with Gasteiger partial charge >= 0.3 is 0 Å². The maximum absolute atomic E-state index is 12.9. The summed E-state index contributed by atoms with van der Waals surface area (Å²) in [5.74, 6) is 1.30. The van der Waals surface area contributed by atoms with Crippen molar-refractivity contribution < 1.29 is 14.3 Å². The van der Waals surface area contributed by atoms with Gasteiger partial charge in [0.2, 0.25) is 0 Å². The van der Waals surface area contributed by atoms with E-state index in [1.165, 1.54) is 4.88 Å². The van der Waals surface area contributed by atoms with Gasteiger partial charge in [0.1, 0.15) is 0 Å². The summed E-state index contributed by atoms with van der Waals surface area (Å²) in [7, 11) is 1.60. The van der Waals surface area contributed by atoms with Crippen LogP contribution in [0.4, 0.5) is 0 Å². The molecule has 0 spiro atoms. The van der Waals surface area contributed by atoms with Crippen LogP contribution in [0.3, 0.4) is 0 Å². The molecule has 146 valence electrons. The van der Waals surface area contributed by atoms with Crippen LogP contribution < -0.4 is 9.47 Å². The van der Waals surface area contributed by atoms with E-state index in [0.29, 0.717) is 17.1 Å². The predicted molar refractivity (Wildman–Crippen MR) is 112 cm³/mol. The number of thiophene rings is 1. The molecular formula is C20H25BrN2O3S. The maximum atomic E-state index is 12.9. The summed E-state index contributed by atoms with van der Waals surface area (Å²) in [5.41, 5.74) is 0.638. The van der Waals surface area contributed by atoms with E-state index in [9.17, 15) is 4.79 Å². The topological polar surface area (TPSA) is 42.0 Å². The van der Waals surface area contributed by atoms with Gasteiger partial charge in [-0.3, -0.25) is 9.69 Å². The first-order valence-corrected chi connectivity index (χ1v) is 10.7. The van der Waals surface area contributed by atoms with Crippen LogP contribution in [0.5, 0.6) is 11.5 Å². The third-order valence-corrected chi connectivity index (χ3v) is 6.05. The van der Waals surface area contributed by atoms with Crippen LogP contribution in [-0.4, -0.2) is 55.1 Å². The van der Waals surface area contributed by atoms with Gasteiger partial charge in [0, 0.05) is 43.2 Å². The van der Waals surface area contributed by atoms with E-state index in [-0.39, 0.29) is 12.0 Å². The quantitative estimate of drug-likeness (QED) is 0.656. The Bertz CT molecular complexity index is 785. The van der Waals surface area contributed by atoms with Crippen LogP contribution in [0, 0.1) is 0 Å². The molecule has 7 heteroatoms. The van der Waals surface area contributed by atoms with Crippen molar-refractivity contribution in [2.24, 2.45) is 0 Å². The predicted octanol–water partition coefficient (Wildman–Crippen LogP) is 4.26. The van der Waals surface area contributed by atoms with E-state index in [1.54, 1.807) is 24.5 Å². The van der Waals surface area contributed by atoms with Crippen molar-refractivity contribution in [1.29, 1.82) is 0 Å². The second-order valence-corrected chi connectivity index (χ2v) is 9.35. The number of hydrogen-bond donors (Lipinski definition) is 0. The lowest BCUT2D eigenvalue weighted by Crippen LogP contribution is -2.48. The summed E-state index contributed by atoms with van der Waals surface area (Å²) in [6.45, 7) is 8.10. The molecule has 1 aromatic carbocycles. The molecule has 0 N–H and O–H groups in total. The Morgan fingerprint density at radius 1 is 1.15 bits per heavy atom. The van der Waals surface area contributed by atoms with E-state index in [1.807, 2.05) is 30.9 Å². The van der Waals surface area contributed by atoms with Crippen LogP contribution >= 0.6 is 27.3 Å². The fourth-order valence-corrected chi connectivity index (χ4v) is 4.63. The fraction of sp³-hybridized carbons (Fsp3) is 0.450. The Hall–Kier alpha value is -1.57.